The lowest BCUT2D eigenvalue weighted by Gasteiger charge is -2.01. The molecule has 1 aromatic carbocycles. The van der Waals surface area contributed by atoms with Gasteiger partial charge < -0.3 is 9.73 Å². The minimum atomic E-state index is -0.369. The Morgan fingerprint density at radius 3 is 2.80 bits per heavy atom. The molecule has 0 amide bonds. The van der Waals surface area contributed by atoms with Crippen molar-refractivity contribution in [1.82, 2.24) is 5.32 Å². The average molecular weight is 272 g/mol. The number of furan rings is 1. The molecule has 20 heavy (non-hydrogen) atoms. The Labute approximate surface area is 116 Å². The first-order valence-electron chi connectivity index (χ1n) is 6.71. The summed E-state index contributed by atoms with van der Waals surface area (Å²) in [6.45, 7) is 2.47. The second-order valence-electron chi connectivity index (χ2n) is 5.18. The first-order valence-corrected chi connectivity index (χ1v) is 6.71. The smallest absolute Gasteiger partial charge is 0.272 e. The molecule has 1 N–H and O–H groups in total. The predicted octanol–water partition coefficient (Wildman–Crippen LogP) is 3.42. The second kappa shape index (κ2) is 5.09. The van der Waals surface area contributed by atoms with Crippen LogP contribution in [0.5, 0.6) is 0 Å². The van der Waals surface area contributed by atoms with Gasteiger partial charge in [-0.05, 0) is 44.0 Å². The van der Waals surface area contributed by atoms with Crippen LogP contribution >= 0.6 is 0 Å². The largest absolute Gasteiger partial charge is 0.460 e. The molecule has 0 aliphatic heterocycles. The van der Waals surface area contributed by atoms with Crippen molar-refractivity contribution < 1.29 is 9.34 Å². The first kappa shape index (κ1) is 12.9. The van der Waals surface area contributed by atoms with E-state index in [1.807, 2.05) is 12.1 Å². The quantitative estimate of drug-likeness (QED) is 0.669. The zero-order valence-corrected chi connectivity index (χ0v) is 11.3. The van der Waals surface area contributed by atoms with E-state index in [4.69, 9.17) is 4.42 Å². The van der Waals surface area contributed by atoms with Crippen LogP contribution in [0.1, 0.15) is 24.2 Å². The van der Waals surface area contributed by atoms with E-state index >= 15 is 0 Å². The molecule has 5 heteroatoms. The van der Waals surface area contributed by atoms with Crippen LogP contribution in [0.25, 0.3) is 11.3 Å². The maximum Gasteiger partial charge on any atom is 0.272 e. The van der Waals surface area contributed by atoms with Crippen LogP contribution in [0.15, 0.2) is 34.7 Å². The molecule has 1 aliphatic carbocycles. The van der Waals surface area contributed by atoms with Crippen LogP contribution in [0, 0.1) is 17.0 Å². The van der Waals surface area contributed by atoms with Gasteiger partial charge in [0, 0.05) is 23.2 Å². The fraction of sp³-hybridized carbons (Fsp3) is 0.333. The molecule has 104 valence electrons. The topological polar surface area (TPSA) is 68.3 Å². The third-order valence-corrected chi connectivity index (χ3v) is 3.48. The van der Waals surface area contributed by atoms with E-state index in [0.717, 1.165) is 23.6 Å². The SMILES string of the molecule is Cc1cc(-c2ccc(CNC3CC3)o2)ccc1[N+](=O)[O-]. The van der Waals surface area contributed by atoms with Crippen molar-refractivity contribution in [2.24, 2.45) is 0 Å². The zero-order valence-electron chi connectivity index (χ0n) is 11.3. The highest BCUT2D eigenvalue weighted by atomic mass is 16.6. The summed E-state index contributed by atoms with van der Waals surface area (Å²) in [7, 11) is 0. The fourth-order valence-corrected chi connectivity index (χ4v) is 2.17. The molecule has 3 rings (SSSR count). The Kier molecular flexibility index (Phi) is 3.28. The molecule has 5 nitrogen and oxygen atoms in total. The van der Waals surface area contributed by atoms with Gasteiger partial charge >= 0.3 is 0 Å². The first-order chi connectivity index (χ1) is 9.63. The van der Waals surface area contributed by atoms with Crippen LogP contribution in [0.4, 0.5) is 5.69 Å². The van der Waals surface area contributed by atoms with E-state index < -0.39 is 0 Å². The number of benzene rings is 1. The lowest BCUT2D eigenvalue weighted by atomic mass is 10.1. The highest BCUT2D eigenvalue weighted by Gasteiger charge is 2.20. The van der Waals surface area contributed by atoms with Gasteiger partial charge in [-0.2, -0.15) is 0 Å². The fourth-order valence-electron chi connectivity index (χ4n) is 2.17. The van der Waals surface area contributed by atoms with Gasteiger partial charge in [-0.3, -0.25) is 10.1 Å². The standard InChI is InChI=1S/C15H16N2O3/c1-10-8-11(2-6-14(10)17(18)19)15-7-5-13(20-15)9-16-12-3-4-12/h2,5-8,12,16H,3-4,9H2,1H3. The number of nitrogens with one attached hydrogen (secondary N) is 1. The summed E-state index contributed by atoms with van der Waals surface area (Å²) in [4.78, 5) is 10.4. The third kappa shape index (κ3) is 2.72. The van der Waals surface area contributed by atoms with E-state index in [1.165, 1.54) is 18.9 Å². The summed E-state index contributed by atoms with van der Waals surface area (Å²) in [5.41, 5.74) is 1.64. The average Bonchev–Trinajstić information content (AvgIpc) is 3.13. The molecule has 0 saturated heterocycles. The number of aryl methyl sites for hydroxylation is 1. The molecule has 0 bridgehead atoms. The number of hydrogen-bond acceptors (Lipinski definition) is 4. The van der Waals surface area contributed by atoms with E-state index in [2.05, 4.69) is 5.32 Å². The molecular formula is C15H16N2O3. The molecule has 1 heterocycles. The van der Waals surface area contributed by atoms with Crippen molar-refractivity contribution in [3.05, 3.63) is 51.8 Å². The molecule has 1 aliphatic rings. The number of rotatable bonds is 5. The van der Waals surface area contributed by atoms with Crippen LogP contribution in [0.2, 0.25) is 0 Å². The minimum Gasteiger partial charge on any atom is -0.460 e. The van der Waals surface area contributed by atoms with E-state index in [9.17, 15) is 10.1 Å². The molecule has 1 fully saturated rings. The number of nitrogens with zero attached hydrogens (tertiary/aromatic N) is 1. The molecule has 2 aromatic rings. The van der Waals surface area contributed by atoms with Gasteiger partial charge in [0.05, 0.1) is 11.5 Å². The summed E-state index contributed by atoms with van der Waals surface area (Å²) in [5, 5.41) is 14.2. The molecule has 0 atom stereocenters. The molecule has 0 radical (unpaired) electrons. The minimum absolute atomic E-state index is 0.135. The summed E-state index contributed by atoms with van der Waals surface area (Å²) in [5.74, 6) is 1.64. The van der Waals surface area contributed by atoms with E-state index in [1.54, 1.807) is 19.1 Å². The van der Waals surface area contributed by atoms with Crippen LogP contribution in [-0.4, -0.2) is 11.0 Å². The van der Waals surface area contributed by atoms with Crippen molar-refractivity contribution in [1.29, 1.82) is 0 Å². The lowest BCUT2D eigenvalue weighted by Crippen LogP contribution is -2.14. The van der Waals surface area contributed by atoms with Crippen molar-refractivity contribution in [2.45, 2.75) is 32.4 Å². The molecule has 0 unspecified atom stereocenters. The Balaban J connectivity index is 1.77. The van der Waals surface area contributed by atoms with Crippen LogP contribution in [-0.2, 0) is 6.54 Å². The third-order valence-electron chi connectivity index (χ3n) is 3.48. The van der Waals surface area contributed by atoms with Crippen molar-refractivity contribution in [2.75, 3.05) is 0 Å². The summed E-state index contributed by atoms with van der Waals surface area (Å²) >= 11 is 0. The molecule has 0 spiro atoms. The maximum absolute atomic E-state index is 10.8. The normalized spacial score (nSPS) is 14.4. The Morgan fingerprint density at radius 1 is 1.35 bits per heavy atom. The Hall–Kier alpha value is -2.14. The van der Waals surface area contributed by atoms with E-state index in [0.29, 0.717) is 11.6 Å². The van der Waals surface area contributed by atoms with Gasteiger partial charge in [-0.15, -0.1) is 0 Å². The monoisotopic (exact) mass is 272 g/mol. The van der Waals surface area contributed by atoms with Gasteiger partial charge in [0.2, 0.25) is 0 Å². The number of nitro benzene ring substituents is 1. The van der Waals surface area contributed by atoms with Crippen LogP contribution < -0.4 is 5.32 Å². The zero-order chi connectivity index (χ0) is 14.1. The van der Waals surface area contributed by atoms with Gasteiger partial charge in [0.15, 0.2) is 0 Å². The van der Waals surface area contributed by atoms with Crippen LogP contribution in [0.3, 0.4) is 0 Å². The van der Waals surface area contributed by atoms with Gasteiger partial charge in [0.25, 0.3) is 5.69 Å². The second-order valence-corrected chi connectivity index (χ2v) is 5.18. The van der Waals surface area contributed by atoms with E-state index in [-0.39, 0.29) is 10.6 Å². The summed E-state index contributed by atoms with van der Waals surface area (Å²) < 4.78 is 5.77. The van der Waals surface area contributed by atoms with Gasteiger partial charge in [-0.25, -0.2) is 0 Å². The van der Waals surface area contributed by atoms with Crippen molar-refractivity contribution in [3.8, 4) is 11.3 Å². The highest BCUT2D eigenvalue weighted by molar-refractivity contribution is 5.62. The summed E-state index contributed by atoms with van der Waals surface area (Å²) in [6.07, 6.45) is 2.49. The lowest BCUT2D eigenvalue weighted by molar-refractivity contribution is -0.385. The van der Waals surface area contributed by atoms with Gasteiger partial charge in [-0.1, -0.05) is 0 Å². The van der Waals surface area contributed by atoms with Crippen molar-refractivity contribution in [3.63, 3.8) is 0 Å². The molecular weight excluding hydrogens is 256 g/mol. The van der Waals surface area contributed by atoms with Gasteiger partial charge in [0.1, 0.15) is 11.5 Å². The highest BCUT2D eigenvalue weighted by Crippen LogP contribution is 2.28. The number of nitro groups is 1. The Morgan fingerprint density at radius 2 is 2.15 bits per heavy atom. The molecule has 1 saturated carbocycles. The number of hydrogen-bond donors (Lipinski definition) is 1. The Bertz CT molecular complexity index is 644. The van der Waals surface area contributed by atoms with Crippen molar-refractivity contribution >= 4 is 5.69 Å². The molecule has 1 aromatic heterocycles. The maximum atomic E-state index is 10.8. The predicted molar refractivity (Wildman–Crippen MR) is 75.4 cm³/mol. The summed E-state index contributed by atoms with van der Waals surface area (Å²) in [6, 6.07) is 9.53.